The van der Waals surface area contributed by atoms with Crippen LogP contribution in [0, 0.1) is 0 Å². The summed E-state index contributed by atoms with van der Waals surface area (Å²) in [6.45, 7) is 7.28. The molecule has 0 saturated carbocycles. The first-order valence-corrected chi connectivity index (χ1v) is 9.67. The fourth-order valence-electron chi connectivity index (χ4n) is 2.70. The van der Waals surface area contributed by atoms with Gasteiger partial charge >= 0.3 is 0 Å². The average Bonchev–Trinajstić information content (AvgIpc) is 3.04. The average molecular weight is 540 g/mol. The molecule has 2 aromatic rings. The van der Waals surface area contributed by atoms with Crippen molar-refractivity contribution < 1.29 is 5.11 Å². The minimum atomic E-state index is -1.10. The molecule has 0 saturated heterocycles. The summed E-state index contributed by atoms with van der Waals surface area (Å²) in [5.41, 5.74) is 0.529. The predicted molar refractivity (Wildman–Crippen MR) is 127 cm³/mol. The number of aromatic nitrogens is 2. The van der Waals surface area contributed by atoms with E-state index < -0.39 is 5.60 Å². The van der Waals surface area contributed by atoms with Crippen LogP contribution in [-0.4, -0.2) is 40.5 Å². The summed E-state index contributed by atoms with van der Waals surface area (Å²) in [5, 5.41) is 22.6. The number of nitrogens with zero attached hydrogens (tertiary/aromatic N) is 3. The van der Waals surface area contributed by atoms with Gasteiger partial charge in [0.25, 0.3) is 0 Å². The molecular formula is C19H28Cl2IN5O. The topological polar surface area (TPSA) is 74.5 Å². The number of hydrogen-bond donors (Lipinski definition) is 3. The maximum atomic E-state index is 10.7. The van der Waals surface area contributed by atoms with Crippen molar-refractivity contribution in [1.82, 2.24) is 20.4 Å². The van der Waals surface area contributed by atoms with Crippen LogP contribution >= 0.6 is 47.2 Å². The molecule has 0 bridgehead atoms. The normalized spacial score (nSPS) is 14.8. The summed E-state index contributed by atoms with van der Waals surface area (Å²) >= 11 is 12.6. The predicted octanol–water partition coefficient (Wildman–Crippen LogP) is 3.91. The number of rotatable bonds is 7. The zero-order valence-corrected chi connectivity index (χ0v) is 20.4. The third-order valence-corrected chi connectivity index (χ3v) is 4.94. The number of benzene rings is 1. The van der Waals surface area contributed by atoms with E-state index in [2.05, 4.69) is 27.6 Å². The van der Waals surface area contributed by atoms with Crippen LogP contribution in [0.15, 0.2) is 35.6 Å². The lowest BCUT2D eigenvalue weighted by molar-refractivity contribution is 0.0672. The number of aryl methyl sites for hydroxylation is 1. The molecule has 2 rings (SSSR count). The molecule has 6 nitrogen and oxygen atoms in total. The summed E-state index contributed by atoms with van der Waals surface area (Å²) in [5.74, 6) is 0.714. The van der Waals surface area contributed by atoms with E-state index in [9.17, 15) is 5.11 Å². The van der Waals surface area contributed by atoms with Crippen LogP contribution in [0.25, 0.3) is 0 Å². The zero-order chi connectivity index (χ0) is 20.0. The molecule has 0 aliphatic heterocycles. The third kappa shape index (κ3) is 6.79. The molecule has 156 valence electrons. The van der Waals surface area contributed by atoms with Crippen molar-refractivity contribution in [2.45, 2.75) is 32.3 Å². The lowest BCUT2D eigenvalue weighted by atomic mass is 10.00. The molecule has 0 fully saturated rings. The van der Waals surface area contributed by atoms with Crippen LogP contribution in [0.3, 0.4) is 0 Å². The Kier molecular flexibility index (Phi) is 10.0. The summed E-state index contributed by atoms with van der Waals surface area (Å²) in [6.07, 6.45) is 3.44. The number of nitrogens with one attached hydrogen (secondary N) is 2. The maximum Gasteiger partial charge on any atom is 0.191 e. The van der Waals surface area contributed by atoms with Crippen LogP contribution in [0.4, 0.5) is 0 Å². The fourth-order valence-corrected chi connectivity index (χ4v) is 3.47. The van der Waals surface area contributed by atoms with Crippen LogP contribution in [0.5, 0.6) is 0 Å². The van der Waals surface area contributed by atoms with Crippen molar-refractivity contribution in [3.63, 3.8) is 0 Å². The molecule has 0 aliphatic rings. The van der Waals surface area contributed by atoms with Gasteiger partial charge in [0, 0.05) is 47.9 Å². The Hall–Kier alpha value is -1.03. The maximum absolute atomic E-state index is 10.7. The van der Waals surface area contributed by atoms with Crippen LogP contribution in [0.2, 0.25) is 10.0 Å². The highest BCUT2D eigenvalue weighted by molar-refractivity contribution is 14.0. The Morgan fingerprint density at radius 1 is 1.32 bits per heavy atom. The molecule has 3 N–H and O–H groups in total. The molecule has 2 unspecified atom stereocenters. The van der Waals surface area contributed by atoms with Gasteiger partial charge in [0.1, 0.15) is 5.60 Å². The van der Waals surface area contributed by atoms with Gasteiger partial charge in [0.15, 0.2) is 5.96 Å². The van der Waals surface area contributed by atoms with Gasteiger partial charge in [-0.2, -0.15) is 5.10 Å². The number of aliphatic imine (C=N–C) groups is 1. The number of aliphatic hydroxyl groups is 1. The fraction of sp³-hybridized carbons (Fsp3) is 0.474. The van der Waals surface area contributed by atoms with Crippen molar-refractivity contribution in [3.05, 3.63) is 51.8 Å². The first kappa shape index (κ1) is 25.0. The van der Waals surface area contributed by atoms with Crippen molar-refractivity contribution >= 4 is 53.1 Å². The van der Waals surface area contributed by atoms with Crippen molar-refractivity contribution in [2.75, 3.05) is 19.6 Å². The lowest BCUT2D eigenvalue weighted by Gasteiger charge is -2.22. The third-order valence-electron chi connectivity index (χ3n) is 4.28. The van der Waals surface area contributed by atoms with E-state index in [0.717, 1.165) is 11.1 Å². The highest BCUT2D eigenvalue weighted by Gasteiger charge is 2.24. The molecule has 1 aromatic heterocycles. The summed E-state index contributed by atoms with van der Waals surface area (Å²) < 4.78 is 1.66. The second-order valence-electron chi connectivity index (χ2n) is 6.79. The Morgan fingerprint density at radius 2 is 1.96 bits per heavy atom. The summed E-state index contributed by atoms with van der Waals surface area (Å²) in [6, 6.07) is 5.51. The SMILES string of the molecule is CCNC(=NCC(C)(O)c1cnn(C)c1)NCC(C)c1c(Cl)cccc1Cl.I. The standard InChI is InChI=1S/C19H27Cl2N5O.HI/c1-5-22-18(24-12-19(3,27)14-10-25-26(4)11-14)23-9-13(2)17-15(20)7-6-8-16(17)21;/h6-8,10-11,13,27H,5,9,12H2,1-4H3,(H2,22,23,24);1H. The second kappa shape index (κ2) is 11.2. The number of halogens is 3. The van der Waals surface area contributed by atoms with Gasteiger partial charge in [-0.05, 0) is 31.5 Å². The Balaban J connectivity index is 0.00000392. The molecule has 1 heterocycles. The minimum Gasteiger partial charge on any atom is -0.383 e. The van der Waals surface area contributed by atoms with Gasteiger partial charge in [-0.25, -0.2) is 4.99 Å². The lowest BCUT2D eigenvalue weighted by Crippen LogP contribution is -2.40. The molecule has 9 heteroatoms. The summed E-state index contributed by atoms with van der Waals surface area (Å²) in [7, 11) is 1.82. The number of hydrogen-bond acceptors (Lipinski definition) is 3. The van der Waals surface area contributed by atoms with E-state index in [1.807, 2.05) is 32.2 Å². The molecule has 2 atom stereocenters. The highest BCUT2D eigenvalue weighted by atomic mass is 127. The molecule has 0 spiro atoms. The van der Waals surface area contributed by atoms with E-state index in [0.29, 0.717) is 29.1 Å². The van der Waals surface area contributed by atoms with E-state index >= 15 is 0 Å². The quantitative estimate of drug-likeness (QED) is 0.283. The monoisotopic (exact) mass is 539 g/mol. The smallest absolute Gasteiger partial charge is 0.191 e. The molecule has 0 aliphatic carbocycles. The van der Waals surface area contributed by atoms with Crippen molar-refractivity contribution in [1.29, 1.82) is 0 Å². The number of guanidine groups is 1. The van der Waals surface area contributed by atoms with Gasteiger partial charge < -0.3 is 15.7 Å². The molecule has 0 radical (unpaired) electrons. The zero-order valence-electron chi connectivity index (χ0n) is 16.5. The Bertz CT molecular complexity index is 774. The molecule has 1 aromatic carbocycles. The Morgan fingerprint density at radius 3 is 2.50 bits per heavy atom. The van der Waals surface area contributed by atoms with Crippen LogP contribution in [-0.2, 0) is 12.6 Å². The van der Waals surface area contributed by atoms with Gasteiger partial charge in [0.2, 0.25) is 0 Å². The second-order valence-corrected chi connectivity index (χ2v) is 7.60. The van der Waals surface area contributed by atoms with Crippen molar-refractivity contribution in [2.24, 2.45) is 12.0 Å². The molecule has 0 amide bonds. The highest BCUT2D eigenvalue weighted by Crippen LogP contribution is 2.30. The van der Waals surface area contributed by atoms with Crippen molar-refractivity contribution in [3.8, 4) is 0 Å². The minimum absolute atomic E-state index is 0. The Labute approximate surface area is 193 Å². The van der Waals surface area contributed by atoms with E-state index in [4.69, 9.17) is 23.2 Å². The first-order chi connectivity index (χ1) is 12.7. The van der Waals surface area contributed by atoms with Gasteiger partial charge in [-0.3, -0.25) is 4.68 Å². The van der Waals surface area contributed by atoms with E-state index in [-0.39, 0.29) is 36.4 Å². The van der Waals surface area contributed by atoms with Gasteiger partial charge in [-0.15, -0.1) is 24.0 Å². The first-order valence-electron chi connectivity index (χ1n) is 8.92. The van der Waals surface area contributed by atoms with Crippen LogP contribution < -0.4 is 10.6 Å². The van der Waals surface area contributed by atoms with Crippen LogP contribution in [0.1, 0.15) is 37.8 Å². The largest absolute Gasteiger partial charge is 0.383 e. The molecular weight excluding hydrogens is 512 g/mol. The van der Waals surface area contributed by atoms with Gasteiger partial charge in [0.05, 0.1) is 12.7 Å². The van der Waals surface area contributed by atoms with E-state index in [1.54, 1.807) is 24.0 Å². The van der Waals surface area contributed by atoms with E-state index in [1.165, 1.54) is 0 Å². The molecule has 28 heavy (non-hydrogen) atoms. The van der Waals surface area contributed by atoms with Gasteiger partial charge in [-0.1, -0.05) is 36.2 Å². The summed E-state index contributed by atoms with van der Waals surface area (Å²) in [4.78, 5) is 4.52.